The number of likely N-dealkylation sites (tertiary alicyclic amines) is 1. The quantitative estimate of drug-likeness (QED) is 0.828. The topological polar surface area (TPSA) is 53.7 Å². The van der Waals surface area contributed by atoms with Crippen LogP contribution in [0.25, 0.3) is 4.96 Å². The third-order valence-electron chi connectivity index (χ3n) is 4.21. The highest BCUT2D eigenvalue weighted by molar-refractivity contribution is 7.20. The zero-order valence-electron chi connectivity index (χ0n) is 14.5. The number of halogens is 3. The molecule has 0 aromatic carbocycles. The van der Waals surface area contributed by atoms with Crippen LogP contribution in [0.2, 0.25) is 0 Å². The van der Waals surface area contributed by atoms with Gasteiger partial charge in [-0.2, -0.15) is 13.2 Å². The summed E-state index contributed by atoms with van der Waals surface area (Å²) in [4.78, 5) is 20.0. The van der Waals surface area contributed by atoms with Gasteiger partial charge in [-0.15, -0.1) is 5.10 Å². The van der Waals surface area contributed by atoms with Gasteiger partial charge in [0.2, 0.25) is 16.0 Å². The van der Waals surface area contributed by atoms with Crippen molar-refractivity contribution < 1.29 is 18.0 Å². The fourth-order valence-corrected chi connectivity index (χ4v) is 3.68. The molecule has 2 aromatic rings. The number of amides is 1. The van der Waals surface area contributed by atoms with E-state index in [4.69, 9.17) is 0 Å². The first-order valence-corrected chi connectivity index (χ1v) is 8.72. The number of carbonyl (C=O) groups is 1. The third kappa shape index (κ3) is 3.58. The normalized spacial score (nSPS) is 19.2. The van der Waals surface area contributed by atoms with Gasteiger partial charge in [0, 0.05) is 19.0 Å². The molecule has 1 unspecified atom stereocenters. The van der Waals surface area contributed by atoms with Gasteiger partial charge < -0.3 is 9.80 Å². The van der Waals surface area contributed by atoms with Crippen LogP contribution in [0.3, 0.4) is 0 Å². The molecule has 1 saturated heterocycles. The van der Waals surface area contributed by atoms with Crippen molar-refractivity contribution in [1.82, 2.24) is 19.5 Å². The fraction of sp³-hybridized carbons (Fsp3) is 0.667. The van der Waals surface area contributed by atoms with Crippen molar-refractivity contribution in [3.8, 4) is 0 Å². The number of anilines is 1. The number of imidazole rings is 1. The van der Waals surface area contributed by atoms with Gasteiger partial charge in [-0.1, -0.05) is 32.1 Å². The van der Waals surface area contributed by atoms with Gasteiger partial charge in [-0.25, -0.2) is 9.50 Å². The molecule has 0 bridgehead atoms. The Morgan fingerprint density at radius 3 is 2.60 bits per heavy atom. The molecule has 0 saturated carbocycles. The molecule has 1 fully saturated rings. The molecular weight excluding hydrogens is 355 g/mol. The molecule has 1 aliphatic heterocycles. The molecule has 0 aliphatic carbocycles. The van der Waals surface area contributed by atoms with Crippen LogP contribution in [0.15, 0.2) is 6.20 Å². The molecule has 1 amide bonds. The number of aromatic nitrogens is 3. The summed E-state index contributed by atoms with van der Waals surface area (Å²) in [6, 6.07) is -0.625. The van der Waals surface area contributed by atoms with Crippen molar-refractivity contribution in [2.24, 2.45) is 0 Å². The maximum absolute atomic E-state index is 12.5. The average Bonchev–Trinajstić information content (AvgIpc) is 3.09. The molecule has 1 aliphatic rings. The number of alkyl halides is 3. The number of likely N-dealkylation sites (N-methyl/N-ethyl adjacent to an activating group) is 1. The van der Waals surface area contributed by atoms with Gasteiger partial charge >= 0.3 is 6.18 Å². The highest BCUT2D eigenvalue weighted by Crippen LogP contribution is 2.30. The lowest BCUT2D eigenvalue weighted by Crippen LogP contribution is -2.42. The number of fused-ring (bicyclic) bond motifs is 1. The standard InChI is InChI=1S/C15H20F3N5OS/c1-14(2,3)10-7-23-12(19-10)25-13(20-23)21(4)9-5-6-22(11(9)24)8-15(16,17)18/h7,9H,5-6,8H2,1-4H3. The Balaban J connectivity index is 1.77. The highest BCUT2D eigenvalue weighted by Gasteiger charge is 2.41. The maximum Gasteiger partial charge on any atom is 0.406 e. The second-order valence-electron chi connectivity index (χ2n) is 7.28. The van der Waals surface area contributed by atoms with Crippen molar-refractivity contribution in [2.45, 2.75) is 44.8 Å². The molecule has 0 radical (unpaired) electrons. The van der Waals surface area contributed by atoms with E-state index in [2.05, 4.69) is 30.9 Å². The van der Waals surface area contributed by atoms with Crippen LogP contribution >= 0.6 is 11.3 Å². The number of hydrogen-bond acceptors (Lipinski definition) is 5. The summed E-state index contributed by atoms with van der Waals surface area (Å²) < 4.78 is 39.3. The van der Waals surface area contributed by atoms with E-state index in [-0.39, 0.29) is 12.0 Å². The average molecular weight is 375 g/mol. The minimum absolute atomic E-state index is 0.0982. The van der Waals surface area contributed by atoms with Crippen LogP contribution in [-0.2, 0) is 10.2 Å². The lowest BCUT2D eigenvalue weighted by atomic mass is 9.93. The van der Waals surface area contributed by atoms with Gasteiger partial charge in [-0.05, 0) is 6.42 Å². The van der Waals surface area contributed by atoms with E-state index in [1.165, 1.54) is 11.3 Å². The Morgan fingerprint density at radius 1 is 1.36 bits per heavy atom. The van der Waals surface area contributed by atoms with E-state index in [1.54, 1.807) is 16.5 Å². The fourth-order valence-electron chi connectivity index (χ4n) is 2.78. The van der Waals surface area contributed by atoms with Crippen LogP contribution in [0, 0.1) is 0 Å². The van der Waals surface area contributed by atoms with Crippen molar-refractivity contribution in [2.75, 3.05) is 25.0 Å². The number of rotatable bonds is 3. The Hall–Kier alpha value is -1.84. The second kappa shape index (κ2) is 5.86. The number of hydrogen-bond donors (Lipinski definition) is 0. The van der Waals surface area contributed by atoms with E-state index in [0.717, 1.165) is 10.6 Å². The summed E-state index contributed by atoms with van der Waals surface area (Å²) in [6.45, 7) is 5.06. The van der Waals surface area contributed by atoms with Gasteiger partial charge in [0.1, 0.15) is 12.6 Å². The molecule has 10 heteroatoms. The number of nitrogens with zero attached hydrogens (tertiary/aromatic N) is 5. The van der Waals surface area contributed by atoms with Crippen LogP contribution < -0.4 is 4.90 Å². The minimum atomic E-state index is -4.38. The maximum atomic E-state index is 12.5. The molecule has 2 aromatic heterocycles. The summed E-state index contributed by atoms with van der Waals surface area (Å²) in [6.07, 6.45) is -2.19. The van der Waals surface area contributed by atoms with Crippen molar-refractivity contribution >= 4 is 27.3 Å². The first kappa shape index (κ1) is 18.0. The van der Waals surface area contributed by atoms with Crippen molar-refractivity contribution in [1.29, 1.82) is 0 Å². The Morgan fingerprint density at radius 2 is 2.04 bits per heavy atom. The third-order valence-corrected chi connectivity index (χ3v) is 5.22. The van der Waals surface area contributed by atoms with Crippen LogP contribution in [0.1, 0.15) is 32.9 Å². The molecule has 138 valence electrons. The Labute approximate surface area is 147 Å². The van der Waals surface area contributed by atoms with E-state index in [0.29, 0.717) is 16.5 Å². The second-order valence-corrected chi connectivity index (χ2v) is 8.21. The summed E-state index contributed by atoms with van der Waals surface area (Å²) in [7, 11) is 1.68. The molecule has 25 heavy (non-hydrogen) atoms. The summed E-state index contributed by atoms with van der Waals surface area (Å²) >= 11 is 1.32. The van der Waals surface area contributed by atoms with Crippen molar-refractivity contribution in [3.63, 3.8) is 0 Å². The van der Waals surface area contributed by atoms with Crippen LogP contribution in [-0.4, -0.2) is 57.8 Å². The molecule has 0 N–H and O–H groups in total. The summed E-state index contributed by atoms with van der Waals surface area (Å²) in [5.74, 6) is -0.511. The largest absolute Gasteiger partial charge is 0.406 e. The van der Waals surface area contributed by atoms with E-state index < -0.39 is 24.7 Å². The minimum Gasteiger partial charge on any atom is -0.338 e. The molecule has 6 nitrogen and oxygen atoms in total. The van der Waals surface area contributed by atoms with Crippen LogP contribution in [0.5, 0.6) is 0 Å². The zero-order chi connectivity index (χ0) is 18.6. The Bertz CT molecular complexity index is 760. The van der Waals surface area contributed by atoms with Crippen LogP contribution in [0.4, 0.5) is 18.3 Å². The predicted molar refractivity (Wildman–Crippen MR) is 89.0 cm³/mol. The Kier molecular flexibility index (Phi) is 4.21. The first-order valence-electron chi connectivity index (χ1n) is 7.91. The molecular formula is C15H20F3N5OS. The summed E-state index contributed by atoms with van der Waals surface area (Å²) in [5.41, 5.74) is 0.813. The predicted octanol–water partition coefficient (Wildman–Crippen LogP) is 2.69. The monoisotopic (exact) mass is 375 g/mol. The van der Waals surface area contributed by atoms with E-state index >= 15 is 0 Å². The first-order chi connectivity index (χ1) is 11.5. The SMILES string of the molecule is CN(c1nn2cc(C(C)(C)C)nc2s1)C1CCN(CC(F)(F)F)C1=O. The number of carbonyl (C=O) groups excluding carboxylic acids is 1. The highest BCUT2D eigenvalue weighted by atomic mass is 32.1. The van der Waals surface area contributed by atoms with Crippen molar-refractivity contribution in [3.05, 3.63) is 11.9 Å². The summed E-state index contributed by atoms with van der Waals surface area (Å²) in [5, 5.41) is 5.00. The molecule has 0 spiro atoms. The lowest BCUT2D eigenvalue weighted by Gasteiger charge is -2.23. The van der Waals surface area contributed by atoms with E-state index in [9.17, 15) is 18.0 Å². The zero-order valence-corrected chi connectivity index (χ0v) is 15.3. The molecule has 3 rings (SSSR count). The smallest absolute Gasteiger partial charge is 0.338 e. The molecule has 3 heterocycles. The van der Waals surface area contributed by atoms with E-state index in [1.807, 2.05) is 6.20 Å². The van der Waals surface area contributed by atoms with Gasteiger partial charge in [0.05, 0.1) is 11.9 Å². The lowest BCUT2D eigenvalue weighted by molar-refractivity contribution is -0.157. The van der Waals surface area contributed by atoms with Gasteiger partial charge in [0.15, 0.2) is 0 Å². The van der Waals surface area contributed by atoms with Gasteiger partial charge in [0.25, 0.3) is 0 Å². The molecule has 1 atom stereocenters. The van der Waals surface area contributed by atoms with Gasteiger partial charge in [-0.3, -0.25) is 4.79 Å².